The molecule has 19 heavy (non-hydrogen) atoms. The maximum atomic E-state index is 13.4. The molecule has 0 aliphatic rings. The summed E-state index contributed by atoms with van der Waals surface area (Å²) < 4.78 is 18.9. The lowest BCUT2D eigenvalue weighted by Crippen LogP contribution is -2.11. The zero-order valence-electron chi connectivity index (χ0n) is 11.1. The Balaban J connectivity index is 2.04. The molecular weight excluding hydrogens is 243 g/mol. The minimum atomic E-state index is -0.277. The van der Waals surface area contributed by atoms with Gasteiger partial charge in [-0.3, -0.25) is 0 Å². The molecule has 0 aliphatic heterocycles. The van der Waals surface area contributed by atoms with Gasteiger partial charge in [0, 0.05) is 24.9 Å². The van der Waals surface area contributed by atoms with E-state index in [0.717, 1.165) is 18.7 Å². The van der Waals surface area contributed by atoms with Crippen LogP contribution in [-0.2, 0) is 6.54 Å². The normalized spacial score (nSPS) is 10.5. The standard InChI is InChI=1S/C15H17FN2O/c1-3-17-9-12-5-7-15(18-10-12)19-13-6-4-11(2)14(16)8-13/h4-8,10,17H,3,9H2,1-2H3. The van der Waals surface area contributed by atoms with E-state index in [0.29, 0.717) is 17.2 Å². The molecule has 2 rings (SSSR count). The third-order valence-corrected chi connectivity index (χ3v) is 2.74. The number of aromatic nitrogens is 1. The molecular formula is C15H17FN2O. The summed E-state index contributed by atoms with van der Waals surface area (Å²) >= 11 is 0. The summed E-state index contributed by atoms with van der Waals surface area (Å²) in [4.78, 5) is 4.19. The van der Waals surface area contributed by atoms with Crippen LogP contribution in [0.25, 0.3) is 0 Å². The van der Waals surface area contributed by atoms with Gasteiger partial charge in [-0.15, -0.1) is 0 Å². The number of hydrogen-bond acceptors (Lipinski definition) is 3. The third kappa shape index (κ3) is 3.76. The molecule has 0 bridgehead atoms. The minimum absolute atomic E-state index is 0.277. The van der Waals surface area contributed by atoms with E-state index < -0.39 is 0 Å². The van der Waals surface area contributed by atoms with E-state index in [4.69, 9.17) is 4.74 Å². The van der Waals surface area contributed by atoms with Gasteiger partial charge >= 0.3 is 0 Å². The lowest BCUT2D eigenvalue weighted by molar-refractivity contribution is 0.457. The first kappa shape index (κ1) is 13.5. The van der Waals surface area contributed by atoms with Crippen LogP contribution in [-0.4, -0.2) is 11.5 Å². The molecule has 0 radical (unpaired) electrons. The highest BCUT2D eigenvalue weighted by Crippen LogP contribution is 2.21. The van der Waals surface area contributed by atoms with Crippen LogP contribution in [0, 0.1) is 12.7 Å². The summed E-state index contributed by atoms with van der Waals surface area (Å²) in [5.74, 6) is 0.639. The molecule has 0 saturated heterocycles. The van der Waals surface area contributed by atoms with Gasteiger partial charge in [-0.2, -0.15) is 0 Å². The van der Waals surface area contributed by atoms with Crippen LogP contribution in [0.15, 0.2) is 36.5 Å². The SMILES string of the molecule is CCNCc1ccc(Oc2ccc(C)c(F)c2)nc1. The maximum Gasteiger partial charge on any atom is 0.219 e. The van der Waals surface area contributed by atoms with Gasteiger partial charge in [-0.25, -0.2) is 9.37 Å². The topological polar surface area (TPSA) is 34.1 Å². The van der Waals surface area contributed by atoms with Crippen molar-refractivity contribution in [2.75, 3.05) is 6.54 Å². The van der Waals surface area contributed by atoms with Gasteiger partial charge < -0.3 is 10.1 Å². The van der Waals surface area contributed by atoms with Crippen molar-refractivity contribution in [3.63, 3.8) is 0 Å². The van der Waals surface area contributed by atoms with Gasteiger partial charge in [0.15, 0.2) is 0 Å². The van der Waals surface area contributed by atoms with Crippen LogP contribution in [0.3, 0.4) is 0 Å². The third-order valence-electron chi connectivity index (χ3n) is 2.74. The van der Waals surface area contributed by atoms with Gasteiger partial charge in [0.05, 0.1) is 0 Å². The van der Waals surface area contributed by atoms with E-state index in [2.05, 4.69) is 17.2 Å². The molecule has 0 fully saturated rings. The zero-order valence-corrected chi connectivity index (χ0v) is 11.1. The average Bonchev–Trinajstić information content (AvgIpc) is 2.42. The number of nitrogens with zero attached hydrogens (tertiary/aromatic N) is 1. The van der Waals surface area contributed by atoms with Crippen LogP contribution in [0.4, 0.5) is 4.39 Å². The van der Waals surface area contributed by atoms with Crippen LogP contribution < -0.4 is 10.1 Å². The highest BCUT2D eigenvalue weighted by Gasteiger charge is 2.03. The van der Waals surface area contributed by atoms with E-state index in [9.17, 15) is 4.39 Å². The quantitative estimate of drug-likeness (QED) is 0.894. The van der Waals surface area contributed by atoms with Crippen molar-refractivity contribution < 1.29 is 9.13 Å². The Bertz CT molecular complexity index is 540. The van der Waals surface area contributed by atoms with Crippen molar-refractivity contribution in [2.45, 2.75) is 20.4 Å². The highest BCUT2D eigenvalue weighted by atomic mass is 19.1. The molecule has 1 N–H and O–H groups in total. The summed E-state index contributed by atoms with van der Waals surface area (Å²) in [6.07, 6.45) is 1.75. The number of hydrogen-bond donors (Lipinski definition) is 1. The molecule has 0 aliphatic carbocycles. The molecule has 2 aromatic rings. The molecule has 1 heterocycles. The molecule has 0 spiro atoms. The molecule has 0 amide bonds. The summed E-state index contributed by atoms with van der Waals surface area (Å²) in [6.45, 7) is 5.47. The predicted octanol–water partition coefficient (Wildman–Crippen LogP) is 3.43. The van der Waals surface area contributed by atoms with Crippen molar-refractivity contribution in [1.29, 1.82) is 0 Å². The summed E-state index contributed by atoms with van der Waals surface area (Å²) in [7, 11) is 0. The molecule has 0 unspecified atom stereocenters. The van der Waals surface area contributed by atoms with Gasteiger partial charge in [-0.1, -0.05) is 19.1 Å². The van der Waals surface area contributed by atoms with Crippen LogP contribution >= 0.6 is 0 Å². The summed E-state index contributed by atoms with van der Waals surface area (Å²) in [5.41, 5.74) is 1.69. The Labute approximate surface area is 112 Å². The summed E-state index contributed by atoms with van der Waals surface area (Å²) in [5, 5.41) is 3.22. The Morgan fingerprint density at radius 2 is 2.11 bits per heavy atom. The van der Waals surface area contributed by atoms with Crippen LogP contribution in [0.2, 0.25) is 0 Å². The Kier molecular flexibility index (Phi) is 4.47. The molecule has 100 valence electrons. The van der Waals surface area contributed by atoms with Gasteiger partial charge in [0.25, 0.3) is 0 Å². The van der Waals surface area contributed by atoms with Crippen molar-refractivity contribution in [3.8, 4) is 11.6 Å². The van der Waals surface area contributed by atoms with Crippen molar-refractivity contribution in [2.24, 2.45) is 0 Å². The van der Waals surface area contributed by atoms with Gasteiger partial charge in [-0.05, 0) is 30.7 Å². The molecule has 1 aromatic heterocycles. The first-order chi connectivity index (χ1) is 9.19. The number of aryl methyl sites for hydroxylation is 1. The van der Waals surface area contributed by atoms with E-state index >= 15 is 0 Å². The smallest absolute Gasteiger partial charge is 0.219 e. The number of rotatable bonds is 5. The molecule has 0 saturated carbocycles. The first-order valence-electron chi connectivity index (χ1n) is 6.28. The fraction of sp³-hybridized carbons (Fsp3) is 0.267. The van der Waals surface area contributed by atoms with Gasteiger partial charge in [0.1, 0.15) is 11.6 Å². The highest BCUT2D eigenvalue weighted by molar-refractivity contribution is 5.31. The van der Waals surface area contributed by atoms with E-state index in [-0.39, 0.29) is 5.82 Å². The predicted molar refractivity (Wildman–Crippen MR) is 72.8 cm³/mol. The number of halogens is 1. The fourth-order valence-electron chi connectivity index (χ4n) is 1.60. The maximum absolute atomic E-state index is 13.4. The van der Waals surface area contributed by atoms with Crippen molar-refractivity contribution in [1.82, 2.24) is 10.3 Å². The van der Waals surface area contributed by atoms with Crippen LogP contribution in [0.1, 0.15) is 18.1 Å². The zero-order chi connectivity index (χ0) is 13.7. The Morgan fingerprint density at radius 3 is 2.74 bits per heavy atom. The minimum Gasteiger partial charge on any atom is -0.439 e. The van der Waals surface area contributed by atoms with E-state index in [1.165, 1.54) is 6.07 Å². The van der Waals surface area contributed by atoms with Crippen LogP contribution in [0.5, 0.6) is 11.6 Å². The first-order valence-corrected chi connectivity index (χ1v) is 6.28. The Morgan fingerprint density at radius 1 is 1.26 bits per heavy atom. The molecule has 0 atom stereocenters. The second kappa shape index (κ2) is 6.29. The Hall–Kier alpha value is -1.94. The number of benzene rings is 1. The van der Waals surface area contributed by atoms with E-state index in [1.807, 2.05) is 6.07 Å². The van der Waals surface area contributed by atoms with Crippen molar-refractivity contribution >= 4 is 0 Å². The second-order valence-corrected chi connectivity index (χ2v) is 4.30. The molecule has 4 heteroatoms. The van der Waals surface area contributed by atoms with Gasteiger partial charge in [0.2, 0.25) is 5.88 Å². The summed E-state index contributed by atoms with van der Waals surface area (Å²) in [6, 6.07) is 8.50. The molecule has 3 nitrogen and oxygen atoms in total. The fourth-order valence-corrected chi connectivity index (χ4v) is 1.60. The average molecular weight is 260 g/mol. The molecule has 1 aromatic carbocycles. The number of pyridine rings is 1. The number of ether oxygens (including phenoxy) is 1. The largest absolute Gasteiger partial charge is 0.439 e. The lowest BCUT2D eigenvalue weighted by atomic mass is 10.2. The van der Waals surface area contributed by atoms with Crippen molar-refractivity contribution in [3.05, 3.63) is 53.5 Å². The number of nitrogens with one attached hydrogen (secondary N) is 1. The van der Waals surface area contributed by atoms with E-state index in [1.54, 1.807) is 31.3 Å². The second-order valence-electron chi connectivity index (χ2n) is 4.30. The monoisotopic (exact) mass is 260 g/mol. The lowest BCUT2D eigenvalue weighted by Gasteiger charge is -2.07.